The van der Waals surface area contributed by atoms with Gasteiger partial charge in [0.25, 0.3) is 11.8 Å². The zero-order chi connectivity index (χ0) is 22.3. The molecule has 0 saturated carbocycles. The van der Waals surface area contributed by atoms with Crippen molar-refractivity contribution in [3.05, 3.63) is 65.9 Å². The fourth-order valence-corrected chi connectivity index (χ4v) is 3.92. The number of aromatic nitrogens is 1. The van der Waals surface area contributed by atoms with Crippen molar-refractivity contribution in [1.29, 1.82) is 0 Å². The first-order valence-corrected chi connectivity index (χ1v) is 10.1. The minimum absolute atomic E-state index is 0.196. The molecule has 31 heavy (non-hydrogen) atoms. The summed E-state index contributed by atoms with van der Waals surface area (Å²) < 4.78 is 6.66. The Balaban J connectivity index is 1.79. The van der Waals surface area contributed by atoms with Gasteiger partial charge in [0, 0.05) is 10.9 Å². The third kappa shape index (κ3) is 3.79. The molecule has 0 radical (unpaired) electrons. The maximum Gasteiger partial charge on any atom is 0.272 e. The first-order chi connectivity index (χ1) is 14.7. The second-order valence-electron chi connectivity index (χ2n) is 8.67. The largest absolute Gasteiger partial charge is 0.497 e. The van der Waals surface area contributed by atoms with Crippen LogP contribution in [0.5, 0.6) is 5.75 Å². The lowest BCUT2D eigenvalue weighted by molar-refractivity contribution is -0.127. The Morgan fingerprint density at radius 3 is 2.39 bits per heavy atom. The van der Waals surface area contributed by atoms with Crippen molar-refractivity contribution in [1.82, 2.24) is 14.8 Å². The summed E-state index contributed by atoms with van der Waals surface area (Å²) in [4.78, 5) is 41.2. The summed E-state index contributed by atoms with van der Waals surface area (Å²) in [5.74, 6) is -0.318. The Bertz CT molecular complexity index is 1170. The van der Waals surface area contributed by atoms with E-state index < -0.39 is 11.6 Å². The molecular weight excluding hydrogens is 394 g/mol. The molecule has 1 unspecified atom stereocenters. The Morgan fingerprint density at radius 1 is 1.06 bits per heavy atom. The van der Waals surface area contributed by atoms with Crippen LogP contribution in [0.15, 0.2) is 54.6 Å². The fraction of sp³-hybridized carbons (Fsp3) is 0.292. The molecule has 2 heterocycles. The van der Waals surface area contributed by atoms with Gasteiger partial charge in [-0.1, -0.05) is 30.3 Å². The summed E-state index contributed by atoms with van der Waals surface area (Å²) in [6.45, 7) is 5.42. The van der Waals surface area contributed by atoms with Gasteiger partial charge in [0.15, 0.2) is 0 Å². The van der Waals surface area contributed by atoms with Crippen molar-refractivity contribution < 1.29 is 19.1 Å². The average Bonchev–Trinajstić information content (AvgIpc) is 3.11. The van der Waals surface area contributed by atoms with Crippen LogP contribution in [0.2, 0.25) is 0 Å². The molecule has 3 aromatic rings. The number of carbonyl (C=O) groups excluding carboxylic acids is 3. The van der Waals surface area contributed by atoms with E-state index in [0.29, 0.717) is 16.8 Å². The minimum Gasteiger partial charge on any atom is -0.497 e. The SMILES string of the molecule is COc1ccc(C(C(=O)NC(C)(C)C)N2CC(=O)n3c(cc4ccccc43)C2=O)cc1. The molecule has 1 aliphatic heterocycles. The van der Waals surface area contributed by atoms with Crippen molar-refractivity contribution >= 4 is 28.6 Å². The van der Waals surface area contributed by atoms with Gasteiger partial charge in [-0.25, -0.2) is 0 Å². The second kappa shape index (κ2) is 7.58. The van der Waals surface area contributed by atoms with E-state index in [-0.39, 0.29) is 30.0 Å². The topological polar surface area (TPSA) is 80.6 Å². The van der Waals surface area contributed by atoms with Crippen molar-refractivity contribution in [2.24, 2.45) is 0 Å². The van der Waals surface area contributed by atoms with E-state index in [1.807, 2.05) is 45.0 Å². The number of benzene rings is 2. The molecule has 0 saturated heterocycles. The molecule has 7 nitrogen and oxygen atoms in total. The number of ether oxygens (including phenoxy) is 1. The molecule has 0 bridgehead atoms. The Kier molecular flexibility index (Phi) is 5.05. The number of methoxy groups -OCH3 is 1. The summed E-state index contributed by atoms with van der Waals surface area (Å²) in [5.41, 5.74) is 1.06. The number of nitrogens with zero attached hydrogens (tertiary/aromatic N) is 2. The third-order valence-electron chi connectivity index (χ3n) is 5.24. The number of hydrogen-bond donors (Lipinski definition) is 1. The molecule has 7 heteroatoms. The zero-order valence-corrected chi connectivity index (χ0v) is 18.0. The van der Waals surface area contributed by atoms with Gasteiger partial charge in [-0.15, -0.1) is 0 Å². The highest BCUT2D eigenvalue weighted by atomic mass is 16.5. The summed E-state index contributed by atoms with van der Waals surface area (Å²) in [5, 5.41) is 3.75. The maximum atomic E-state index is 13.5. The number of fused-ring (bicyclic) bond motifs is 3. The van der Waals surface area contributed by atoms with Crippen LogP contribution in [0.1, 0.15) is 47.7 Å². The van der Waals surface area contributed by atoms with Gasteiger partial charge in [0.2, 0.25) is 5.91 Å². The number of amides is 2. The molecule has 160 valence electrons. The second-order valence-corrected chi connectivity index (χ2v) is 8.67. The smallest absolute Gasteiger partial charge is 0.272 e. The minimum atomic E-state index is -0.951. The summed E-state index contributed by atoms with van der Waals surface area (Å²) in [6.07, 6.45) is 0. The molecule has 0 fully saturated rings. The van der Waals surface area contributed by atoms with Crippen molar-refractivity contribution in [3.8, 4) is 5.75 Å². The van der Waals surface area contributed by atoms with Crippen LogP contribution in [-0.4, -0.2) is 46.4 Å². The van der Waals surface area contributed by atoms with E-state index in [4.69, 9.17) is 4.74 Å². The molecule has 2 aromatic carbocycles. The van der Waals surface area contributed by atoms with Crippen LogP contribution < -0.4 is 10.1 Å². The lowest BCUT2D eigenvalue weighted by atomic mass is 10.0. The Labute approximate surface area is 180 Å². The summed E-state index contributed by atoms with van der Waals surface area (Å²) >= 11 is 0. The zero-order valence-electron chi connectivity index (χ0n) is 18.0. The van der Waals surface area contributed by atoms with Gasteiger partial charge in [0.05, 0.1) is 12.6 Å². The fourth-order valence-electron chi connectivity index (χ4n) is 3.92. The Hall–Kier alpha value is -3.61. The van der Waals surface area contributed by atoms with Crippen molar-refractivity contribution in [3.63, 3.8) is 0 Å². The first-order valence-electron chi connectivity index (χ1n) is 10.1. The highest BCUT2D eigenvalue weighted by molar-refractivity contribution is 6.10. The average molecular weight is 419 g/mol. The molecule has 4 rings (SSSR count). The Morgan fingerprint density at radius 2 is 1.74 bits per heavy atom. The van der Waals surface area contributed by atoms with E-state index in [9.17, 15) is 14.4 Å². The molecular formula is C24H25N3O4. The van der Waals surface area contributed by atoms with Crippen LogP contribution in [-0.2, 0) is 4.79 Å². The van der Waals surface area contributed by atoms with E-state index in [0.717, 1.165) is 5.39 Å². The van der Waals surface area contributed by atoms with Gasteiger partial charge in [0.1, 0.15) is 24.0 Å². The van der Waals surface area contributed by atoms with Crippen molar-refractivity contribution in [2.75, 3.05) is 13.7 Å². The van der Waals surface area contributed by atoms with E-state index in [2.05, 4.69) is 5.32 Å². The van der Waals surface area contributed by atoms with E-state index in [1.165, 1.54) is 9.47 Å². The standard InChI is InChI=1S/C24H25N3O4/c1-24(2,3)25-22(29)21(15-9-11-17(31-4)12-10-15)26-14-20(28)27-18-8-6-5-7-16(18)13-19(27)23(26)30/h5-13,21H,14H2,1-4H3,(H,25,29). The van der Waals surface area contributed by atoms with Gasteiger partial charge in [-0.05, 0) is 50.6 Å². The van der Waals surface area contributed by atoms with Crippen LogP contribution >= 0.6 is 0 Å². The van der Waals surface area contributed by atoms with Gasteiger partial charge in [-0.2, -0.15) is 0 Å². The molecule has 0 aliphatic carbocycles. The predicted octanol–water partition coefficient (Wildman–Crippen LogP) is 3.40. The number of carbonyl (C=O) groups is 3. The molecule has 1 atom stereocenters. The van der Waals surface area contributed by atoms with Gasteiger partial charge >= 0.3 is 0 Å². The lowest BCUT2D eigenvalue weighted by Crippen LogP contribution is -2.53. The van der Waals surface area contributed by atoms with Crippen LogP contribution in [0.3, 0.4) is 0 Å². The van der Waals surface area contributed by atoms with Crippen LogP contribution in [0.4, 0.5) is 0 Å². The molecule has 0 spiro atoms. The number of hydrogen-bond acceptors (Lipinski definition) is 4. The van der Waals surface area contributed by atoms with Crippen LogP contribution in [0.25, 0.3) is 10.9 Å². The molecule has 1 aliphatic rings. The van der Waals surface area contributed by atoms with E-state index in [1.54, 1.807) is 37.4 Å². The summed E-state index contributed by atoms with van der Waals surface area (Å²) in [7, 11) is 1.56. The third-order valence-corrected chi connectivity index (χ3v) is 5.24. The lowest BCUT2D eigenvalue weighted by Gasteiger charge is -2.35. The van der Waals surface area contributed by atoms with Gasteiger partial charge in [-0.3, -0.25) is 19.0 Å². The summed E-state index contributed by atoms with van der Waals surface area (Å²) in [6, 6.07) is 15.1. The monoisotopic (exact) mass is 419 g/mol. The predicted molar refractivity (Wildman–Crippen MR) is 117 cm³/mol. The van der Waals surface area contributed by atoms with Crippen molar-refractivity contribution in [2.45, 2.75) is 32.4 Å². The normalized spacial score (nSPS) is 15.0. The molecule has 1 aromatic heterocycles. The highest BCUT2D eigenvalue weighted by Gasteiger charge is 2.40. The number of para-hydroxylation sites is 1. The van der Waals surface area contributed by atoms with Gasteiger partial charge < -0.3 is 15.0 Å². The number of nitrogens with one attached hydrogen (secondary N) is 1. The molecule has 2 amide bonds. The van der Waals surface area contributed by atoms with Crippen LogP contribution in [0, 0.1) is 0 Å². The first kappa shape index (κ1) is 20.7. The quantitative estimate of drug-likeness (QED) is 0.703. The maximum absolute atomic E-state index is 13.5. The number of rotatable bonds is 4. The molecule has 1 N–H and O–H groups in total. The highest BCUT2D eigenvalue weighted by Crippen LogP contribution is 2.31. The van der Waals surface area contributed by atoms with E-state index >= 15 is 0 Å².